The van der Waals surface area contributed by atoms with Crippen LogP contribution in [0.15, 0.2) is 23.0 Å². The summed E-state index contributed by atoms with van der Waals surface area (Å²) in [5.74, 6) is -0.149. The molecule has 0 amide bonds. The number of esters is 1. The lowest BCUT2D eigenvalue weighted by atomic mass is 9.97. The smallest absolute Gasteiger partial charge is 0.354 e. The van der Waals surface area contributed by atoms with E-state index in [4.69, 9.17) is 10.5 Å². The molecule has 0 bridgehead atoms. The summed E-state index contributed by atoms with van der Waals surface area (Å²) in [5.41, 5.74) is 7.90. The Morgan fingerprint density at radius 3 is 2.75 bits per heavy atom. The number of nitrogens with one attached hydrogen (secondary N) is 1. The first-order chi connectivity index (χ1) is 9.40. The van der Waals surface area contributed by atoms with Gasteiger partial charge in [0.05, 0.1) is 12.7 Å². The Morgan fingerprint density at radius 2 is 2.15 bits per heavy atom. The molecule has 4 N–H and O–H groups in total. The molecule has 0 spiro atoms. The molecule has 114 valence electrons. The van der Waals surface area contributed by atoms with Crippen molar-refractivity contribution >= 4 is 5.97 Å². The first-order valence-corrected chi connectivity index (χ1v) is 7.18. The highest BCUT2D eigenvalue weighted by atomic mass is 16.5. The molecular weight excluding hydrogens is 256 g/mol. The Bertz CT molecular complexity index is 398. The number of aliphatic hydroxyl groups excluding tert-OH is 1. The topological polar surface area (TPSA) is 84.6 Å². The number of carbonyl (C=O) groups is 1. The van der Waals surface area contributed by atoms with Crippen molar-refractivity contribution in [1.29, 1.82) is 0 Å². The second kappa shape index (κ2) is 7.94. The van der Waals surface area contributed by atoms with Crippen molar-refractivity contribution in [1.82, 2.24) is 5.32 Å². The Hall–Kier alpha value is -1.49. The van der Waals surface area contributed by atoms with Gasteiger partial charge in [-0.25, -0.2) is 4.79 Å². The van der Waals surface area contributed by atoms with E-state index < -0.39 is 12.1 Å². The van der Waals surface area contributed by atoms with Gasteiger partial charge >= 0.3 is 5.97 Å². The van der Waals surface area contributed by atoms with Crippen LogP contribution in [0.5, 0.6) is 0 Å². The van der Waals surface area contributed by atoms with E-state index in [0.29, 0.717) is 19.1 Å². The summed E-state index contributed by atoms with van der Waals surface area (Å²) in [6, 6.07) is 0. The van der Waals surface area contributed by atoms with E-state index >= 15 is 0 Å². The lowest BCUT2D eigenvalue weighted by Crippen LogP contribution is -2.26. The van der Waals surface area contributed by atoms with Gasteiger partial charge in [-0.3, -0.25) is 0 Å². The second-order valence-corrected chi connectivity index (χ2v) is 5.68. The first-order valence-electron chi connectivity index (χ1n) is 7.18. The summed E-state index contributed by atoms with van der Waals surface area (Å²) in [6.45, 7) is 6.57. The molecule has 0 aliphatic heterocycles. The van der Waals surface area contributed by atoms with E-state index in [9.17, 15) is 9.90 Å². The zero-order valence-corrected chi connectivity index (χ0v) is 12.6. The van der Waals surface area contributed by atoms with Crippen LogP contribution in [0.2, 0.25) is 0 Å². The van der Waals surface area contributed by atoms with E-state index in [-0.39, 0.29) is 5.70 Å². The molecule has 0 aromatic heterocycles. The molecule has 0 fully saturated rings. The fourth-order valence-electron chi connectivity index (χ4n) is 1.91. The molecule has 0 aromatic carbocycles. The van der Waals surface area contributed by atoms with Crippen LogP contribution in [-0.4, -0.2) is 30.3 Å². The summed E-state index contributed by atoms with van der Waals surface area (Å²) in [7, 11) is 0. The Morgan fingerprint density at radius 1 is 1.45 bits per heavy atom. The molecule has 1 unspecified atom stereocenters. The number of hydrogen-bond donors (Lipinski definition) is 3. The van der Waals surface area contributed by atoms with E-state index in [1.807, 2.05) is 19.9 Å². The summed E-state index contributed by atoms with van der Waals surface area (Å²) in [5, 5.41) is 12.4. The summed E-state index contributed by atoms with van der Waals surface area (Å²) < 4.78 is 5.14. The minimum Gasteiger partial charge on any atom is -0.461 e. The molecule has 0 aromatic rings. The fraction of sp³-hybridized carbons (Fsp3) is 0.667. The largest absolute Gasteiger partial charge is 0.461 e. The van der Waals surface area contributed by atoms with Crippen molar-refractivity contribution in [2.75, 3.05) is 13.2 Å². The quantitative estimate of drug-likeness (QED) is 0.507. The average Bonchev–Trinajstić information content (AvgIpc) is 2.42. The maximum absolute atomic E-state index is 11.8. The molecular formula is C15H26N2O3. The lowest BCUT2D eigenvalue weighted by Gasteiger charge is -2.19. The highest BCUT2D eigenvalue weighted by Crippen LogP contribution is 2.22. The molecule has 0 saturated heterocycles. The maximum atomic E-state index is 11.8. The van der Waals surface area contributed by atoms with Gasteiger partial charge in [-0.1, -0.05) is 13.8 Å². The normalized spacial score (nSPS) is 19.4. The molecule has 1 aliphatic carbocycles. The monoisotopic (exact) mass is 282 g/mol. The van der Waals surface area contributed by atoms with Crippen LogP contribution in [0.3, 0.4) is 0 Å². The van der Waals surface area contributed by atoms with E-state index in [1.165, 1.54) is 0 Å². The maximum Gasteiger partial charge on any atom is 0.354 e. The van der Waals surface area contributed by atoms with Gasteiger partial charge in [-0.2, -0.15) is 0 Å². The van der Waals surface area contributed by atoms with Gasteiger partial charge in [0.2, 0.25) is 0 Å². The second-order valence-electron chi connectivity index (χ2n) is 5.68. The Kier molecular flexibility index (Phi) is 6.58. The molecule has 5 heteroatoms. The third-order valence-corrected chi connectivity index (χ3v) is 2.98. The van der Waals surface area contributed by atoms with E-state index in [2.05, 4.69) is 5.32 Å². The Labute approximate surface area is 120 Å². The van der Waals surface area contributed by atoms with Crippen molar-refractivity contribution in [3.8, 4) is 0 Å². The number of ether oxygens (including phenoxy) is 1. The number of aliphatic hydroxyl groups is 1. The molecule has 0 radical (unpaired) electrons. The van der Waals surface area contributed by atoms with Gasteiger partial charge in [0.25, 0.3) is 0 Å². The first kappa shape index (κ1) is 16.6. The standard InChI is InChI=1S/C15H26N2O3/c1-10(2)9-20-15(19)14(16)12-5-4-6-13(7-12)17-8-11(3)18/h7,10-11,17-18H,4-6,8-9,16H2,1-3H3/b14-12+. The molecule has 20 heavy (non-hydrogen) atoms. The number of carbonyl (C=O) groups excluding carboxylic acids is 1. The fourth-order valence-corrected chi connectivity index (χ4v) is 1.91. The average molecular weight is 282 g/mol. The number of rotatable bonds is 6. The molecule has 0 heterocycles. The summed E-state index contributed by atoms with van der Waals surface area (Å²) in [6.07, 6.45) is 4.12. The number of hydrogen-bond acceptors (Lipinski definition) is 5. The Balaban J connectivity index is 2.69. The van der Waals surface area contributed by atoms with Crippen molar-refractivity contribution in [2.45, 2.75) is 46.1 Å². The van der Waals surface area contributed by atoms with Gasteiger partial charge in [0.15, 0.2) is 0 Å². The molecule has 1 atom stereocenters. The summed E-state index contributed by atoms with van der Waals surface area (Å²) in [4.78, 5) is 11.8. The van der Waals surface area contributed by atoms with Crippen LogP contribution in [0.25, 0.3) is 0 Å². The number of nitrogens with two attached hydrogens (primary N) is 1. The van der Waals surface area contributed by atoms with Gasteiger partial charge in [0.1, 0.15) is 5.70 Å². The van der Waals surface area contributed by atoms with Crippen molar-refractivity contribution in [3.05, 3.63) is 23.0 Å². The minimum atomic E-state index is -0.443. The number of allylic oxidation sites excluding steroid dienone is 3. The lowest BCUT2D eigenvalue weighted by molar-refractivity contribution is -0.140. The predicted molar refractivity (Wildman–Crippen MR) is 78.6 cm³/mol. The van der Waals surface area contributed by atoms with Crippen LogP contribution < -0.4 is 11.1 Å². The highest BCUT2D eigenvalue weighted by Gasteiger charge is 2.16. The third kappa shape index (κ3) is 5.65. The van der Waals surface area contributed by atoms with Crippen molar-refractivity contribution in [2.24, 2.45) is 11.7 Å². The minimum absolute atomic E-state index is 0.196. The van der Waals surface area contributed by atoms with Crippen LogP contribution in [0.1, 0.15) is 40.0 Å². The van der Waals surface area contributed by atoms with Crippen LogP contribution in [0.4, 0.5) is 0 Å². The van der Waals surface area contributed by atoms with Crippen LogP contribution in [-0.2, 0) is 9.53 Å². The molecule has 5 nitrogen and oxygen atoms in total. The van der Waals surface area contributed by atoms with Gasteiger partial charge in [-0.05, 0) is 43.8 Å². The van der Waals surface area contributed by atoms with Crippen LogP contribution >= 0.6 is 0 Å². The van der Waals surface area contributed by atoms with Crippen molar-refractivity contribution < 1.29 is 14.6 Å². The molecule has 0 saturated carbocycles. The predicted octanol–water partition coefficient (Wildman–Crippen LogP) is 1.44. The highest BCUT2D eigenvalue weighted by molar-refractivity contribution is 5.88. The van der Waals surface area contributed by atoms with Gasteiger partial charge < -0.3 is 20.9 Å². The van der Waals surface area contributed by atoms with Gasteiger partial charge in [-0.15, -0.1) is 0 Å². The van der Waals surface area contributed by atoms with E-state index in [1.54, 1.807) is 6.92 Å². The van der Waals surface area contributed by atoms with Crippen LogP contribution in [0, 0.1) is 5.92 Å². The zero-order chi connectivity index (χ0) is 15.1. The van der Waals surface area contributed by atoms with Gasteiger partial charge in [0, 0.05) is 12.2 Å². The molecule has 1 rings (SSSR count). The van der Waals surface area contributed by atoms with Crippen molar-refractivity contribution in [3.63, 3.8) is 0 Å². The molecule has 1 aliphatic rings. The summed E-state index contributed by atoms with van der Waals surface area (Å²) >= 11 is 0. The SMILES string of the molecule is CC(C)COC(=O)/C(N)=C1\C=C(NCC(C)O)CCC1. The van der Waals surface area contributed by atoms with E-state index in [0.717, 1.165) is 30.5 Å². The zero-order valence-electron chi connectivity index (χ0n) is 12.6. The third-order valence-electron chi connectivity index (χ3n) is 2.98.